The summed E-state index contributed by atoms with van der Waals surface area (Å²) in [6, 6.07) is 6.80. The Morgan fingerprint density at radius 3 is 2.94 bits per heavy atom. The number of urea groups is 1. The molecule has 0 bridgehead atoms. The molecule has 3 amide bonds. The molecule has 0 saturated heterocycles. The van der Waals surface area contributed by atoms with Gasteiger partial charge < -0.3 is 10.1 Å². The molecule has 1 aliphatic rings. The number of halogens is 1. The van der Waals surface area contributed by atoms with Crippen molar-refractivity contribution in [1.82, 2.24) is 10.6 Å². The molecule has 96 valence electrons. The monoisotopic (exact) mass is 268 g/mol. The molecule has 2 N–H and O–H groups in total. The number of para-hydroxylation sites is 1. The van der Waals surface area contributed by atoms with Crippen LogP contribution in [0.4, 0.5) is 4.79 Å². The molecular formula is C12H13ClN2O3. The summed E-state index contributed by atoms with van der Waals surface area (Å²) in [5.41, 5.74) is 0.914. The van der Waals surface area contributed by atoms with Crippen LogP contribution in [0.3, 0.4) is 0 Å². The zero-order chi connectivity index (χ0) is 13.0. The number of ether oxygens (including phenoxy) is 1. The number of carbonyl (C=O) groups is 2. The lowest BCUT2D eigenvalue weighted by Gasteiger charge is -2.26. The Bertz CT molecular complexity index is 464. The highest BCUT2D eigenvalue weighted by Gasteiger charge is 2.22. The number of benzene rings is 1. The fourth-order valence-corrected chi connectivity index (χ4v) is 1.91. The van der Waals surface area contributed by atoms with Gasteiger partial charge in [-0.2, -0.15) is 0 Å². The molecule has 18 heavy (non-hydrogen) atoms. The topological polar surface area (TPSA) is 67.4 Å². The van der Waals surface area contributed by atoms with Crippen LogP contribution in [-0.2, 0) is 4.79 Å². The molecule has 0 fully saturated rings. The maximum absolute atomic E-state index is 11.5. The van der Waals surface area contributed by atoms with Crippen LogP contribution in [0.25, 0.3) is 0 Å². The van der Waals surface area contributed by atoms with E-state index in [-0.39, 0.29) is 11.9 Å². The van der Waals surface area contributed by atoms with Crippen LogP contribution in [0.1, 0.15) is 18.0 Å². The smallest absolute Gasteiger partial charge is 0.321 e. The maximum atomic E-state index is 11.5. The van der Waals surface area contributed by atoms with Gasteiger partial charge in [0.25, 0.3) is 0 Å². The predicted molar refractivity (Wildman–Crippen MR) is 66.7 cm³/mol. The van der Waals surface area contributed by atoms with E-state index in [9.17, 15) is 9.59 Å². The normalized spacial score (nSPS) is 17.3. The van der Waals surface area contributed by atoms with Gasteiger partial charge in [0, 0.05) is 12.0 Å². The summed E-state index contributed by atoms with van der Waals surface area (Å²) >= 11 is 5.31. The van der Waals surface area contributed by atoms with Gasteiger partial charge in [0.2, 0.25) is 5.91 Å². The first-order valence-corrected chi connectivity index (χ1v) is 6.12. The minimum absolute atomic E-state index is 0.155. The minimum atomic E-state index is -0.539. The number of alkyl halides is 1. The standard InChI is InChI=1S/C12H13ClN2O3/c13-7-11(16)15-12(17)14-9-5-6-18-10-4-2-1-3-8(9)10/h1-4,9H,5-7H2,(H2,14,15,16,17). The number of carbonyl (C=O) groups excluding carboxylic acids is 2. The number of hydrogen-bond acceptors (Lipinski definition) is 3. The molecule has 1 unspecified atom stereocenters. The Balaban J connectivity index is 2.03. The molecule has 0 aliphatic carbocycles. The van der Waals surface area contributed by atoms with Gasteiger partial charge in [-0.3, -0.25) is 10.1 Å². The molecule has 1 heterocycles. The lowest BCUT2D eigenvalue weighted by molar-refractivity contribution is -0.117. The second kappa shape index (κ2) is 5.73. The van der Waals surface area contributed by atoms with E-state index in [1.54, 1.807) is 0 Å². The van der Waals surface area contributed by atoms with Crippen LogP contribution < -0.4 is 15.4 Å². The number of nitrogens with one attached hydrogen (secondary N) is 2. The van der Waals surface area contributed by atoms with Crippen molar-refractivity contribution in [3.05, 3.63) is 29.8 Å². The molecule has 0 spiro atoms. The Labute approximate surface area is 109 Å². The second-order valence-electron chi connectivity index (χ2n) is 3.88. The Kier molecular flexibility index (Phi) is 4.04. The van der Waals surface area contributed by atoms with Crippen molar-refractivity contribution < 1.29 is 14.3 Å². The lowest BCUT2D eigenvalue weighted by Crippen LogP contribution is -2.42. The summed E-state index contributed by atoms with van der Waals surface area (Å²) in [5, 5.41) is 4.88. The molecule has 1 aromatic carbocycles. The summed E-state index contributed by atoms with van der Waals surface area (Å²) in [6.45, 7) is 0.533. The maximum Gasteiger partial charge on any atom is 0.321 e. The summed E-state index contributed by atoms with van der Waals surface area (Å²) in [7, 11) is 0. The van der Waals surface area contributed by atoms with E-state index in [4.69, 9.17) is 16.3 Å². The fourth-order valence-electron chi connectivity index (χ4n) is 1.85. The van der Waals surface area contributed by atoms with E-state index in [0.29, 0.717) is 13.0 Å². The van der Waals surface area contributed by atoms with E-state index in [1.165, 1.54) is 0 Å². The molecule has 6 heteroatoms. The van der Waals surface area contributed by atoms with Crippen molar-refractivity contribution in [2.75, 3.05) is 12.5 Å². The third kappa shape index (κ3) is 2.92. The van der Waals surface area contributed by atoms with Crippen LogP contribution >= 0.6 is 11.6 Å². The molecule has 1 atom stereocenters. The first-order chi connectivity index (χ1) is 8.70. The van der Waals surface area contributed by atoms with Gasteiger partial charge in [0.15, 0.2) is 0 Å². The highest BCUT2D eigenvalue weighted by Crippen LogP contribution is 2.31. The fraction of sp³-hybridized carbons (Fsp3) is 0.333. The lowest BCUT2D eigenvalue weighted by atomic mass is 10.0. The molecular weight excluding hydrogens is 256 g/mol. The molecule has 5 nitrogen and oxygen atoms in total. The predicted octanol–water partition coefficient (Wildman–Crippen LogP) is 1.57. The van der Waals surface area contributed by atoms with Crippen molar-refractivity contribution in [2.45, 2.75) is 12.5 Å². The summed E-state index contributed by atoms with van der Waals surface area (Å²) in [4.78, 5) is 22.5. The van der Waals surface area contributed by atoms with Gasteiger partial charge in [0.05, 0.1) is 12.6 Å². The molecule has 0 saturated carbocycles. The number of hydrogen-bond donors (Lipinski definition) is 2. The van der Waals surface area contributed by atoms with E-state index < -0.39 is 11.9 Å². The molecule has 0 aromatic heterocycles. The number of amides is 3. The first kappa shape index (κ1) is 12.7. The third-order valence-electron chi connectivity index (χ3n) is 2.64. The first-order valence-electron chi connectivity index (χ1n) is 5.58. The van der Waals surface area contributed by atoms with Crippen LogP contribution in [0.2, 0.25) is 0 Å². The quantitative estimate of drug-likeness (QED) is 0.800. The minimum Gasteiger partial charge on any atom is -0.493 e. The van der Waals surface area contributed by atoms with Crippen molar-refractivity contribution in [2.24, 2.45) is 0 Å². The number of imide groups is 1. The van der Waals surface area contributed by atoms with Crippen molar-refractivity contribution >= 4 is 23.5 Å². The Morgan fingerprint density at radius 1 is 1.39 bits per heavy atom. The Morgan fingerprint density at radius 2 is 2.17 bits per heavy atom. The molecule has 0 radical (unpaired) electrons. The average molecular weight is 269 g/mol. The largest absolute Gasteiger partial charge is 0.493 e. The van der Waals surface area contributed by atoms with E-state index >= 15 is 0 Å². The number of fused-ring (bicyclic) bond motifs is 1. The SMILES string of the molecule is O=C(CCl)NC(=O)NC1CCOc2ccccc21. The van der Waals surface area contributed by atoms with Gasteiger partial charge in [0.1, 0.15) is 11.6 Å². The van der Waals surface area contributed by atoms with E-state index in [1.807, 2.05) is 24.3 Å². The van der Waals surface area contributed by atoms with Gasteiger partial charge in [-0.25, -0.2) is 4.79 Å². The third-order valence-corrected chi connectivity index (χ3v) is 2.88. The van der Waals surface area contributed by atoms with Gasteiger partial charge >= 0.3 is 6.03 Å². The second-order valence-corrected chi connectivity index (χ2v) is 4.15. The van der Waals surface area contributed by atoms with Gasteiger partial charge in [-0.15, -0.1) is 11.6 Å². The molecule has 1 aliphatic heterocycles. The zero-order valence-electron chi connectivity index (χ0n) is 9.61. The van der Waals surface area contributed by atoms with Crippen LogP contribution in [-0.4, -0.2) is 24.4 Å². The highest BCUT2D eigenvalue weighted by atomic mass is 35.5. The van der Waals surface area contributed by atoms with E-state index in [0.717, 1.165) is 11.3 Å². The highest BCUT2D eigenvalue weighted by molar-refractivity contribution is 6.28. The Hall–Kier alpha value is -1.75. The van der Waals surface area contributed by atoms with Crippen LogP contribution in [0.5, 0.6) is 5.75 Å². The summed E-state index contributed by atoms with van der Waals surface area (Å²) in [6.07, 6.45) is 0.666. The summed E-state index contributed by atoms with van der Waals surface area (Å²) in [5.74, 6) is 0.00450. The molecule has 1 aromatic rings. The number of rotatable bonds is 2. The van der Waals surface area contributed by atoms with Crippen LogP contribution in [0.15, 0.2) is 24.3 Å². The van der Waals surface area contributed by atoms with E-state index in [2.05, 4.69) is 10.6 Å². The van der Waals surface area contributed by atoms with Crippen molar-refractivity contribution in [3.8, 4) is 5.75 Å². The zero-order valence-corrected chi connectivity index (χ0v) is 10.4. The van der Waals surface area contributed by atoms with Crippen molar-refractivity contribution in [1.29, 1.82) is 0 Å². The summed E-state index contributed by atoms with van der Waals surface area (Å²) < 4.78 is 5.48. The van der Waals surface area contributed by atoms with Gasteiger partial charge in [-0.05, 0) is 6.07 Å². The van der Waals surface area contributed by atoms with Gasteiger partial charge in [-0.1, -0.05) is 18.2 Å². The van der Waals surface area contributed by atoms with Crippen molar-refractivity contribution in [3.63, 3.8) is 0 Å². The molecule has 2 rings (SSSR count). The van der Waals surface area contributed by atoms with Crippen LogP contribution in [0, 0.1) is 0 Å². The average Bonchev–Trinajstić information content (AvgIpc) is 2.39.